The van der Waals surface area contributed by atoms with Gasteiger partial charge in [-0.05, 0) is 31.5 Å². The van der Waals surface area contributed by atoms with Crippen LogP contribution >= 0.6 is 34.7 Å². The first-order chi connectivity index (χ1) is 17.4. The molecule has 0 radical (unpaired) electrons. The highest BCUT2D eigenvalue weighted by molar-refractivity contribution is 8.01. The summed E-state index contributed by atoms with van der Waals surface area (Å²) in [7, 11) is 0. The quantitative estimate of drug-likeness (QED) is 0.197. The third-order valence-corrected chi connectivity index (χ3v) is 7.39. The molecular formula is C24H23ClN6O3S2. The molecule has 2 aromatic carbocycles. The van der Waals surface area contributed by atoms with Gasteiger partial charge < -0.3 is 15.2 Å². The van der Waals surface area contributed by atoms with Gasteiger partial charge in [-0.3, -0.25) is 9.59 Å². The van der Waals surface area contributed by atoms with Crippen molar-refractivity contribution in [2.45, 2.75) is 37.4 Å². The van der Waals surface area contributed by atoms with Crippen molar-refractivity contribution in [2.75, 3.05) is 16.4 Å². The van der Waals surface area contributed by atoms with Gasteiger partial charge in [0, 0.05) is 41.3 Å². The number of amides is 2. The summed E-state index contributed by atoms with van der Waals surface area (Å²) < 4.78 is 5.92. The Balaban J connectivity index is 1.18. The molecule has 0 saturated heterocycles. The standard InChI is InChI=1S/C24H23ClN6O3S2/c1-14-3-6-16(7-4-14)22-28-21(34-31-22)10-9-19(32)27-23-29-30-24(36-23)35-12-11-20(33)26-17-8-5-15(2)18(25)13-17/h3-8,13H,9-12H2,1-2H3,(H,26,33)(H,27,29,32). The van der Waals surface area contributed by atoms with Crippen LogP contribution in [0.25, 0.3) is 11.4 Å². The normalized spacial score (nSPS) is 10.9. The van der Waals surface area contributed by atoms with Gasteiger partial charge in [0.05, 0.1) is 0 Å². The zero-order valence-electron chi connectivity index (χ0n) is 19.6. The summed E-state index contributed by atoms with van der Waals surface area (Å²) in [6.45, 7) is 3.91. The molecule has 12 heteroatoms. The van der Waals surface area contributed by atoms with Crippen molar-refractivity contribution in [3.05, 3.63) is 64.5 Å². The van der Waals surface area contributed by atoms with E-state index >= 15 is 0 Å². The van der Waals surface area contributed by atoms with Crippen LogP contribution in [0.3, 0.4) is 0 Å². The average molecular weight is 543 g/mol. The summed E-state index contributed by atoms with van der Waals surface area (Å²) in [5.41, 5.74) is 3.61. The van der Waals surface area contributed by atoms with E-state index in [0.29, 0.717) is 50.5 Å². The lowest BCUT2D eigenvalue weighted by molar-refractivity contribution is -0.116. The number of anilines is 2. The number of aryl methyl sites for hydroxylation is 3. The van der Waals surface area contributed by atoms with Gasteiger partial charge in [-0.15, -0.1) is 10.2 Å². The van der Waals surface area contributed by atoms with Gasteiger partial charge in [-0.1, -0.05) is 75.8 Å². The minimum absolute atomic E-state index is 0.118. The van der Waals surface area contributed by atoms with E-state index in [1.165, 1.54) is 23.1 Å². The summed E-state index contributed by atoms with van der Waals surface area (Å²) in [4.78, 5) is 28.8. The number of nitrogens with one attached hydrogen (secondary N) is 2. The maximum absolute atomic E-state index is 12.3. The molecule has 0 aliphatic heterocycles. The predicted molar refractivity (Wildman–Crippen MR) is 141 cm³/mol. The Morgan fingerprint density at radius 3 is 2.58 bits per heavy atom. The lowest BCUT2D eigenvalue weighted by atomic mass is 10.1. The van der Waals surface area contributed by atoms with Crippen LogP contribution in [-0.4, -0.2) is 37.9 Å². The number of hydrogen-bond acceptors (Lipinski definition) is 9. The molecule has 2 amide bonds. The van der Waals surface area contributed by atoms with Crippen molar-refractivity contribution in [2.24, 2.45) is 0 Å². The van der Waals surface area contributed by atoms with E-state index in [2.05, 4.69) is 31.0 Å². The SMILES string of the molecule is Cc1ccc(-c2noc(CCC(=O)Nc3nnc(SCCC(=O)Nc4ccc(C)c(Cl)c4)s3)n2)cc1. The molecule has 2 heterocycles. The summed E-state index contributed by atoms with van der Waals surface area (Å²) in [6, 6.07) is 13.2. The Morgan fingerprint density at radius 1 is 1.03 bits per heavy atom. The molecule has 9 nitrogen and oxygen atoms in total. The van der Waals surface area contributed by atoms with Gasteiger partial charge in [-0.2, -0.15) is 4.98 Å². The lowest BCUT2D eigenvalue weighted by Crippen LogP contribution is -2.12. The fourth-order valence-electron chi connectivity index (χ4n) is 3.02. The first kappa shape index (κ1) is 25.8. The molecule has 36 heavy (non-hydrogen) atoms. The molecule has 2 N–H and O–H groups in total. The van der Waals surface area contributed by atoms with Gasteiger partial charge in [0.25, 0.3) is 0 Å². The fourth-order valence-corrected chi connectivity index (χ4v) is 4.98. The number of rotatable bonds is 10. The number of thioether (sulfide) groups is 1. The monoisotopic (exact) mass is 542 g/mol. The fraction of sp³-hybridized carbons (Fsp3) is 0.250. The molecule has 4 aromatic rings. The van der Waals surface area contributed by atoms with E-state index in [1.807, 2.05) is 50.2 Å². The van der Waals surface area contributed by atoms with E-state index in [-0.39, 0.29) is 18.2 Å². The third-order valence-electron chi connectivity index (χ3n) is 5.01. The topological polar surface area (TPSA) is 123 Å². The van der Waals surface area contributed by atoms with Crippen molar-refractivity contribution in [3.63, 3.8) is 0 Å². The van der Waals surface area contributed by atoms with Crippen LogP contribution in [-0.2, 0) is 16.0 Å². The number of carbonyl (C=O) groups excluding carboxylic acids is 2. The van der Waals surface area contributed by atoms with Crippen molar-refractivity contribution in [1.82, 2.24) is 20.3 Å². The number of benzene rings is 2. The van der Waals surface area contributed by atoms with Crippen LogP contribution in [0.1, 0.15) is 29.9 Å². The van der Waals surface area contributed by atoms with Crippen LogP contribution in [0.4, 0.5) is 10.8 Å². The molecule has 0 fully saturated rings. The largest absolute Gasteiger partial charge is 0.339 e. The van der Waals surface area contributed by atoms with Crippen molar-refractivity contribution in [1.29, 1.82) is 0 Å². The summed E-state index contributed by atoms with van der Waals surface area (Å²) >= 11 is 8.74. The van der Waals surface area contributed by atoms with Crippen molar-refractivity contribution in [3.8, 4) is 11.4 Å². The molecule has 2 aromatic heterocycles. The molecule has 0 aliphatic carbocycles. The van der Waals surface area contributed by atoms with E-state index in [4.69, 9.17) is 16.1 Å². The Bertz CT molecular complexity index is 1360. The maximum Gasteiger partial charge on any atom is 0.227 e. The lowest BCUT2D eigenvalue weighted by Gasteiger charge is -2.06. The second kappa shape index (κ2) is 12.1. The average Bonchev–Trinajstić information content (AvgIpc) is 3.50. The molecule has 0 spiro atoms. The molecule has 0 saturated carbocycles. The molecule has 0 unspecified atom stereocenters. The smallest absolute Gasteiger partial charge is 0.227 e. The van der Waals surface area contributed by atoms with Crippen LogP contribution in [0.5, 0.6) is 0 Å². The van der Waals surface area contributed by atoms with Gasteiger partial charge in [0.15, 0.2) is 4.34 Å². The summed E-state index contributed by atoms with van der Waals surface area (Å²) in [5, 5.41) is 18.6. The first-order valence-corrected chi connectivity index (χ1v) is 13.3. The maximum atomic E-state index is 12.3. The molecule has 0 aliphatic rings. The summed E-state index contributed by atoms with van der Waals surface area (Å²) in [6.07, 6.45) is 0.777. The van der Waals surface area contributed by atoms with Gasteiger partial charge in [-0.25, -0.2) is 0 Å². The van der Waals surface area contributed by atoms with Crippen LogP contribution in [0, 0.1) is 13.8 Å². The van der Waals surface area contributed by atoms with Gasteiger partial charge >= 0.3 is 0 Å². The number of hydrogen-bond donors (Lipinski definition) is 2. The van der Waals surface area contributed by atoms with E-state index in [9.17, 15) is 9.59 Å². The minimum atomic E-state index is -0.228. The van der Waals surface area contributed by atoms with E-state index in [0.717, 1.165) is 16.7 Å². The van der Waals surface area contributed by atoms with Crippen molar-refractivity contribution >= 4 is 57.3 Å². The number of nitrogens with zero attached hydrogens (tertiary/aromatic N) is 4. The highest BCUT2D eigenvalue weighted by atomic mass is 35.5. The van der Waals surface area contributed by atoms with Crippen molar-refractivity contribution < 1.29 is 14.1 Å². The van der Waals surface area contributed by atoms with Crippen LogP contribution in [0.15, 0.2) is 51.3 Å². The van der Waals surface area contributed by atoms with E-state index in [1.54, 1.807) is 6.07 Å². The summed E-state index contributed by atoms with van der Waals surface area (Å²) in [5.74, 6) is 1.06. The highest BCUT2D eigenvalue weighted by Gasteiger charge is 2.13. The molecular weight excluding hydrogens is 520 g/mol. The van der Waals surface area contributed by atoms with Gasteiger partial charge in [0.1, 0.15) is 0 Å². The number of carbonyl (C=O) groups is 2. The van der Waals surface area contributed by atoms with Crippen LogP contribution < -0.4 is 10.6 Å². The molecule has 0 bridgehead atoms. The number of aromatic nitrogens is 4. The highest BCUT2D eigenvalue weighted by Crippen LogP contribution is 2.26. The zero-order chi connectivity index (χ0) is 25.5. The first-order valence-electron chi connectivity index (χ1n) is 11.1. The van der Waals surface area contributed by atoms with Crippen LogP contribution in [0.2, 0.25) is 5.02 Å². The second-order valence-corrected chi connectivity index (χ2v) is 10.6. The Morgan fingerprint density at radius 2 is 1.81 bits per heavy atom. The van der Waals surface area contributed by atoms with Gasteiger partial charge in [0.2, 0.25) is 28.7 Å². The molecule has 0 atom stereocenters. The van der Waals surface area contributed by atoms with E-state index < -0.39 is 0 Å². The number of halogens is 1. The zero-order valence-corrected chi connectivity index (χ0v) is 22.0. The minimum Gasteiger partial charge on any atom is -0.339 e. The third kappa shape index (κ3) is 7.36. The predicted octanol–water partition coefficient (Wildman–Crippen LogP) is 5.55. The second-order valence-electron chi connectivity index (χ2n) is 7.91. The Kier molecular flexibility index (Phi) is 8.68. The Labute approximate surface area is 221 Å². The molecule has 4 rings (SSSR count). The Hall–Kier alpha value is -3.28. The molecule has 186 valence electrons.